The Bertz CT molecular complexity index is 482. The SMILES string of the molecule is [2H]c1[nH]nc(C([2H])([2H])[2H])c1B1OC(C)(C)C(C)(C)O1. The summed E-state index contributed by atoms with van der Waals surface area (Å²) >= 11 is 0. The van der Waals surface area contributed by atoms with Crippen LogP contribution in [0.3, 0.4) is 0 Å². The van der Waals surface area contributed by atoms with Crippen molar-refractivity contribution in [3.8, 4) is 0 Å². The second-order valence-corrected chi connectivity index (χ2v) is 4.70. The van der Waals surface area contributed by atoms with E-state index >= 15 is 0 Å². The Balaban J connectivity index is 2.43. The van der Waals surface area contributed by atoms with Crippen molar-refractivity contribution in [2.45, 2.75) is 45.7 Å². The molecule has 82 valence electrons. The minimum Gasteiger partial charge on any atom is -0.399 e. The van der Waals surface area contributed by atoms with Crippen LogP contribution in [0.1, 0.15) is 38.9 Å². The summed E-state index contributed by atoms with van der Waals surface area (Å²) in [6, 6.07) is 0. The number of hydrogen-bond acceptors (Lipinski definition) is 3. The van der Waals surface area contributed by atoms with E-state index in [0.29, 0.717) is 0 Å². The van der Waals surface area contributed by atoms with Crippen molar-refractivity contribution >= 4 is 12.6 Å². The maximum Gasteiger partial charge on any atom is 0.498 e. The number of nitrogens with one attached hydrogen (secondary N) is 1. The van der Waals surface area contributed by atoms with Crippen LogP contribution in [0.25, 0.3) is 0 Å². The third-order valence-electron chi connectivity index (χ3n) is 3.10. The maximum absolute atomic E-state index is 7.77. The van der Waals surface area contributed by atoms with Crippen LogP contribution >= 0.6 is 0 Å². The van der Waals surface area contributed by atoms with Crippen molar-refractivity contribution < 1.29 is 14.8 Å². The summed E-state index contributed by atoms with van der Waals surface area (Å²) in [5, 5.41) is 6.06. The lowest BCUT2D eigenvalue weighted by Crippen LogP contribution is -2.41. The van der Waals surface area contributed by atoms with Gasteiger partial charge < -0.3 is 9.31 Å². The first-order chi connectivity index (χ1) is 8.46. The Morgan fingerprint density at radius 2 is 2.00 bits per heavy atom. The van der Waals surface area contributed by atoms with Crippen LogP contribution in [0.4, 0.5) is 0 Å². The number of H-pyrrole nitrogens is 1. The van der Waals surface area contributed by atoms with Crippen LogP contribution in [0, 0.1) is 6.85 Å². The van der Waals surface area contributed by atoms with Gasteiger partial charge in [-0.3, -0.25) is 5.10 Å². The molecule has 15 heavy (non-hydrogen) atoms. The molecule has 2 rings (SSSR count). The van der Waals surface area contributed by atoms with Crippen LogP contribution in [0.2, 0.25) is 0 Å². The van der Waals surface area contributed by atoms with E-state index in [2.05, 4.69) is 10.2 Å². The van der Waals surface area contributed by atoms with Crippen molar-refractivity contribution in [3.05, 3.63) is 11.9 Å². The van der Waals surface area contributed by atoms with Crippen LogP contribution in [0.15, 0.2) is 6.17 Å². The van der Waals surface area contributed by atoms with Crippen molar-refractivity contribution in [2.75, 3.05) is 0 Å². The zero-order valence-electron chi connectivity index (χ0n) is 13.3. The second kappa shape index (κ2) is 3.09. The average molecular weight is 212 g/mol. The molecule has 1 aromatic rings. The van der Waals surface area contributed by atoms with Crippen molar-refractivity contribution in [1.29, 1.82) is 0 Å². The van der Waals surface area contributed by atoms with Gasteiger partial charge >= 0.3 is 7.12 Å². The van der Waals surface area contributed by atoms with E-state index in [9.17, 15) is 0 Å². The van der Waals surface area contributed by atoms with Crippen LogP contribution in [-0.2, 0) is 9.31 Å². The number of rotatable bonds is 1. The van der Waals surface area contributed by atoms with E-state index in [4.69, 9.17) is 14.8 Å². The molecule has 0 radical (unpaired) electrons. The fraction of sp³-hybridized carbons (Fsp3) is 0.700. The highest BCUT2D eigenvalue weighted by Crippen LogP contribution is 2.36. The standard InChI is InChI=1S/C10H17BN2O2/c1-7-8(6-12-13-7)11-14-9(2,3)10(4,5)15-11/h6H,1-5H3,(H,12,13)/i1D3,6D. The first-order valence-corrected chi connectivity index (χ1v) is 4.87. The molecular formula is C10H17BN2O2. The molecule has 0 amide bonds. The number of hydrogen-bond donors (Lipinski definition) is 1. The molecule has 0 atom stereocenters. The molecule has 1 aliphatic rings. The average Bonchev–Trinajstić information content (AvgIpc) is 2.65. The number of aromatic nitrogens is 2. The lowest BCUT2D eigenvalue weighted by atomic mass is 9.79. The molecule has 1 aromatic heterocycles. The van der Waals surface area contributed by atoms with E-state index in [0.717, 1.165) is 0 Å². The Kier molecular flexibility index (Phi) is 1.38. The lowest BCUT2D eigenvalue weighted by Gasteiger charge is -2.32. The van der Waals surface area contributed by atoms with E-state index in [1.54, 1.807) is 0 Å². The molecule has 0 aliphatic carbocycles. The second-order valence-electron chi connectivity index (χ2n) is 4.70. The van der Waals surface area contributed by atoms with Crippen LogP contribution in [-0.4, -0.2) is 28.5 Å². The largest absolute Gasteiger partial charge is 0.498 e. The monoisotopic (exact) mass is 212 g/mol. The molecule has 5 heteroatoms. The highest BCUT2D eigenvalue weighted by molar-refractivity contribution is 6.62. The molecular weight excluding hydrogens is 191 g/mol. The van der Waals surface area contributed by atoms with Gasteiger partial charge in [-0.05, 0) is 34.5 Å². The molecule has 4 nitrogen and oxygen atoms in total. The summed E-state index contributed by atoms with van der Waals surface area (Å²) < 4.78 is 41.6. The zero-order chi connectivity index (χ0) is 14.6. The van der Waals surface area contributed by atoms with Gasteiger partial charge in [-0.2, -0.15) is 5.10 Å². The van der Waals surface area contributed by atoms with Gasteiger partial charge in [0.25, 0.3) is 0 Å². The predicted molar refractivity (Wildman–Crippen MR) is 59.0 cm³/mol. The first kappa shape index (κ1) is 6.71. The minimum absolute atomic E-state index is 0.0929. The Labute approximate surface area is 96.1 Å². The highest BCUT2D eigenvalue weighted by Gasteiger charge is 2.52. The summed E-state index contributed by atoms with van der Waals surface area (Å²) in [5.74, 6) is 0. The molecule has 1 fully saturated rings. The maximum atomic E-state index is 7.77. The summed E-state index contributed by atoms with van der Waals surface area (Å²) in [7, 11) is -0.897. The van der Waals surface area contributed by atoms with E-state index < -0.39 is 25.2 Å². The molecule has 2 heterocycles. The molecule has 1 saturated heterocycles. The van der Waals surface area contributed by atoms with E-state index in [-0.39, 0.29) is 17.3 Å². The van der Waals surface area contributed by atoms with Crippen molar-refractivity contribution in [1.82, 2.24) is 10.2 Å². The van der Waals surface area contributed by atoms with Gasteiger partial charge in [0.1, 0.15) is 0 Å². The van der Waals surface area contributed by atoms with Crippen LogP contribution < -0.4 is 5.46 Å². The van der Waals surface area contributed by atoms with Gasteiger partial charge in [-0.1, -0.05) is 0 Å². The summed E-state index contributed by atoms with van der Waals surface area (Å²) in [5.41, 5.74) is -1.20. The Morgan fingerprint density at radius 3 is 2.53 bits per heavy atom. The molecule has 1 aliphatic heterocycles. The quantitative estimate of drug-likeness (QED) is 0.707. The van der Waals surface area contributed by atoms with Gasteiger partial charge in [0, 0.05) is 15.7 Å². The molecule has 0 bridgehead atoms. The molecule has 0 saturated carbocycles. The third kappa shape index (κ3) is 1.60. The Hall–Kier alpha value is -0.805. The van der Waals surface area contributed by atoms with Gasteiger partial charge in [-0.25, -0.2) is 0 Å². The van der Waals surface area contributed by atoms with Gasteiger partial charge in [0.15, 0.2) is 0 Å². The predicted octanol–water partition coefficient (Wildman–Crippen LogP) is 1.02. The fourth-order valence-corrected chi connectivity index (χ4v) is 1.39. The summed E-state index contributed by atoms with van der Waals surface area (Å²) in [6.07, 6.45) is -0.0929. The normalized spacial score (nSPS) is 28.1. The molecule has 0 spiro atoms. The van der Waals surface area contributed by atoms with Crippen molar-refractivity contribution in [2.24, 2.45) is 0 Å². The zero-order valence-corrected chi connectivity index (χ0v) is 9.34. The number of nitrogens with zero attached hydrogens (tertiary/aromatic N) is 1. The lowest BCUT2D eigenvalue weighted by molar-refractivity contribution is 0.00578. The minimum atomic E-state index is -2.41. The smallest absolute Gasteiger partial charge is 0.399 e. The highest BCUT2D eigenvalue weighted by atomic mass is 16.7. The molecule has 1 N–H and O–H groups in total. The third-order valence-corrected chi connectivity index (χ3v) is 3.10. The van der Waals surface area contributed by atoms with Crippen molar-refractivity contribution in [3.63, 3.8) is 0 Å². The van der Waals surface area contributed by atoms with Gasteiger partial charge in [0.2, 0.25) is 0 Å². The fourth-order valence-electron chi connectivity index (χ4n) is 1.39. The van der Waals surface area contributed by atoms with E-state index in [1.165, 1.54) is 0 Å². The van der Waals surface area contributed by atoms with Gasteiger partial charge in [-0.15, -0.1) is 0 Å². The molecule has 0 aromatic carbocycles. The number of aryl methyl sites for hydroxylation is 1. The van der Waals surface area contributed by atoms with Gasteiger partial charge in [0.05, 0.1) is 18.3 Å². The van der Waals surface area contributed by atoms with E-state index in [1.807, 2.05) is 27.7 Å². The Morgan fingerprint density at radius 1 is 1.40 bits per heavy atom. The summed E-state index contributed by atoms with van der Waals surface area (Å²) in [4.78, 5) is 0. The topological polar surface area (TPSA) is 47.1 Å². The number of aromatic amines is 1. The summed E-state index contributed by atoms with van der Waals surface area (Å²) in [6.45, 7) is 5.06. The first-order valence-electron chi connectivity index (χ1n) is 6.87. The molecule has 0 unspecified atom stereocenters. The van der Waals surface area contributed by atoms with Crippen LogP contribution in [0.5, 0.6) is 0 Å².